The zero-order valence-corrected chi connectivity index (χ0v) is 10.3. The molecule has 3 nitrogen and oxygen atoms in total. The predicted molar refractivity (Wildman–Crippen MR) is 68.2 cm³/mol. The van der Waals surface area contributed by atoms with Gasteiger partial charge in [-0.05, 0) is 30.5 Å². The van der Waals surface area contributed by atoms with Crippen molar-refractivity contribution in [3.8, 4) is 0 Å². The molecule has 0 spiro atoms. The molecule has 3 N–H and O–H groups in total. The number of carbonyl (C=O) groups excluding carboxylic acids is 1. The second-order valence-electron chi connectivity index (χ2n) is 4.69. The molecule has 1 aromatic rings. The molecule has 0 saturated carbocycles. The van der Waals surface area contributed by atoms with E-state index in [1.165, 1.54) is 6.07 Å². The Morgan fingerprint density at radius 2 is 2.28 bits per heavy atom. The lowest BCUT2D eigenvalue weighted by molar-refractivity contribution is -0.123. The van der Waals surface area contributed by atoms with Gasteiger partial charge in [0, 0.05) is 12.6 Å². The Labute approximate surface area is 106 Å². The van der Waals surface area contributed by atoms with Gasteiger partial charge in [-0.15, -0.1) is 0 Å². The zero-order valence-electron chi connectivity index (χ0n) is 10.3. The summed E-state index contributed by atoms with van der Waals surface area (Å²) >= 11 is 0. The highest BCUT2D eigenvalue weighted by molar-refractivity contribution is 5.81. The number of nitrogens with two attached hydrogens (primary N) is 1. The van der Waals surface area contributed by atoms with Crippen molar-refractivity contribution in [3.05, 3.63) is 47.3 Å². The van der Waals surface area contributed by atoms with Crippen molar-refractivity contribution in [2.24, 2.45) is 11.7 Å². The average Bonchev–Trinajstić information content (AvgIpc) is 2.77. The summed E-state index contributed by atoms with van der Waals surface area (Å²) in [6.07, 6.45) is 4.32. The third kappa shape index (κ3) is 2.96. The molecule has 1 amide bonds. The summed E-state index contributed by atoms with van der Waals surface area (Å²) in [6.45, 7) is 2.05. The fourth-order valence-corrected chi connectivity index (χ4v) is 1.99. The number of amides is 1. The molecule has 1 aromatic carbocycles. The quantitative estimate of drug-likeness (QED) is 0.799. The van der Waals surface area contributed by atoms with Crippen molar-refractivity contribution in [2.75, 3.05) is 0 Å². The second-order valence-corrected chi connectivity index (χ2v) is 4.69. The minimum atomic E-state index is -0.246. The summed E-state index contributed by atoms with van der Waals surface area (Å²) in [5, 5.41) is 2.80. The lowest BCUT2D eigenvalue weighted by Crippen LogP contribution is -2.30. The molecule has 0 aromatic heterocycles. The SMILES string of the molecule is Cc1ccc(CNC(=O)C2C=CC(N)C2)cc1F. The van der Waals surface area contributed by atoms with Gasteiger partial charge in [-0.1, -0.05) is 24.3 Å². The third-order valence-electron chi connectivity index (χ3n) is 3.16. The molecule has 0 bridgehead atoms. The first kappa shape index (κ1) is 12.8. The number of nitrogens with one attached hydrogen (secondary N) is 1. The van der Waals surface area contributed by atoms with Crippen LogP contribution in [0.25, 0.3) is 0 Å². The van der Waals surface area contributed by atoms with Crippen LogP contribution in [-0.2, 0) is 11.3 Å². The van der Waals surface area contributed by atoms with E-state index in [0.717, 1.165) is 5.56 Å². The van der Waals surface area contributed by atoms with E-state index in [1.807, 2.05) is 18.2 Å². The standard InChI is InChI=1S/C14H17FN2O/c1-9-2-3-10(6-13(9)15)8-17-14(18)11-4-5-12(16)7-11/h2-6,11-12H,7-8,16H2,1H3,(H,17,18). The minimum absolute atomic E-state index is 0.0300. The molecule has 0 fully saturated rings. The molecule has 18 heavy (non-hydrogen) atoms. The Morgan fingerprint density at radius 3 is 2.89 bits per heavy atom. The third-order valence-corrected chi connectivity index (χ3v) is 3.16. The first-order chi connectivity index (χ1) is 8.56. The maximum Gasteiger partial charge on any atom is 0.227 e. The van der Waals surface area contributed by atoms with Crippen LogP contribution in [0.2, 0.25) is 0 Å². The van der Waals surface area contributed by atoms with Gasteiger partial charge in [-0.2, -0.15) is 0 Å². The van der Waals surface area contributed by atoms with Gasteiger partial charge < -0.3 is 11.1 Å². The molecule has 2 unspecified atom stereocenters. The summed E-state index contributed by atoms with van der Waals surface area (Å²) in [4.78, 5) is 11.8. The van der Waals surface area contributed by atoms with E-state index in [2.05, 4.69) is 5.32 Å². The number of carbonyl (C=O) groups is 1. The molecule has 0 radical (unpaired) electrons. The summed E-state index contributed by atoms with van der Waals surface area (Å²) in [5.41, 5.74) is 7.06. The number of hydrogen-bond donors (Lipinski definition) is 2. The molecular formula is C14H17FN2O. The average molecular weight is 248 g/mol. The molecule has 96 valence electrons. The molecule has 2 rings (SSSR count). The zero-order chi connectivity index (χ0) is 13.1. The summed E-state index contributed by atoms with van der Waals surface area (Å²) in [5.74, 6) is -0.458. The normalized spacial score (nSPS) is 22.2. The Morgan fingerprint density at radius 1 is 1.50 bits per heavy atom. The van der Waals surface area contributed by atoms with E-state index in [-0.39, 0.29) is 23.7 Å². The van der Waals surface area contributed by atoms with Crippen LogP contribution in [0, 0.1) is 18.7 Å². The topological polar surface area (TPSA) is 55.1 Å². The molecule has 0 heterocycles. The van der Waals surface area contributed by atoms with Crippen molar-refractivity contribution in [2.45, 2.75) is 25.9 Å². The van der Waals surface area contributed by atoms with E-state index >= 15 is 0 Å². The highest BCUT2D eigenvalue weighted by Crippen LogP contribution is 2.16. The summed E-state index contributed by atoms with van der Waals surface area (Å²) in [6, 6.07) is 4.95. The smallest absolute Gasteiger partial charge is 0.227 e. The van der Waals surface area contributed by atoms with E-state index < -0.39 is 0 Å². The van der Waals surface area contributed by atoms with Crippen molar-refractivity contribution in [1.29, 1.82) is 0 Å². The van der Waals surface area contributed by atoms with Crippen LogP contribution in [0.15, 0.2) is 30.4 Å². The number of benzene rings is 1. The summed E-state index contributed by atoms with van der Waals surface area (Å²) in [7, 11) is 0. The fourth-order valence-electron chi connectivity index (χ4n) is 1.99. The van der Waals surface area contributed by atoms with Gasteiger partial charge in [0.05, 0.1) is 5.92 Å². The van der Waals surface area contributed by atoms with E-state index in [0.29, 0.717) is 18.5 Å². The van der Waals surface area contributed by atoms with Gasteiger partial charge in [-0.25, -0.2) is 4.39 Å². The van der Waals surface area contributed by atoms with Crippen LogP contribution < -0.4 is 11.1 Å². The van der Waals surface area contributed by atoms with Crippen LogP contribution in [-0.4, -0.2) is 11.9 Å². The number of rotatable bonds is 3. The molecule has 1 aliphatic carbocycles. The Kier molecular flexibility index (Phi) is 3.77. The lowest BCUT2D eigenvalue weighted by Gasteiger charge is -2.11. The fraction of sp³-hybridized carbons (Fsp3) is 0.357. The van der Waals surface area contributed by atoms with Crippen LogP contribution >= 0.6 is 0 Å². The Bertz CT molecular complexity index is 485. The van der Waals surface area contributed by atoms with Crippen molar-refractivity contribution < 1.29 is 9.18 Å². The van der Waals surface area contributed by atoms with Crippen molar-refractivity contribution >= 4 is 5.91 Å². The van der Waals surface area contributed by atoms with Gasteiger partial charge in [0.15, 0.2) is 0 Å². The van der Waals surface area contributed by atoms with Crippen LogP contribution in [0.5, 0.6) is 0 Å². The maximum atomic E-state index is 13.3. The largest absolute Gasteiger partial charge is 0.352 e. The van der Waals surface area contributed by atoms with Gasteiger partial charge in [0.2, 0.25) is 5.91 Å². The molecule has 1 aliphatic rings. The van der Waals surface area contributed by atoms with Gasteiger partial charge in [0.1, 0.15) is 5.82 Å². The van der Waals surface area contributed by atoms with E-state index in [1.54, 1.807) is 13.0 Å². The number of halogens is 1. The molecule has 0 saturated heterocycles. The molecular weight excluding hydrogens is 231 g/mol. The molecule has 4 heteroatoms. The number of hydrogen-bond acceptors (Lipinski definition) is 2. The monoisotopic (exact) mass is 248 g/mol. The highest BCUT2D eigenvalue weighted by atomic mass is 19.1. The van der Waals surface area contributed by atoms with E-state index in [9.17, 15) is 9.18 Å². The minimum Gasteiger partial charge on any atom is -0.352 e. The first-order valence-corrected chi connectivity index (χ1v) is 6.03. The summed E-state index contributed by atoms with van der Waals surface area (Å²) < 4.78 is 13.3. The van der Waals surface area contributed by atoms with Crippen molar-refractivity contribution in [3.63, 3.8) is 0 Å². The van der Waals surface area contributed by atoms with Gasteiger partial charge in [0.25, 0.3) is 0 Å². The predicted octanol–water partition coefficient (Wildman–Crippen LogP) is 1.65. The maximum absolute atomic E-state index is 13.3. The number of aryl methyl sites for hydroxylation is 1. The van der Waals surface area contributed by atoms with Gasteiger partial charge >= 0.3 is 0 Å². The van der Waals surface area contributed by atoms with Crippen molar-refractivity contribution in [1.82, 2.24) is 5.32 Å². The first-order valence-electron chi connectivity index (χ1n) is 6.03. The van der Waals surface area contributed by atoms with Crippen LogP contribution in [0.1, 0.15) is 17.5 Å². The molecule has 0 aliphatic heterocycles. The highest BCUT2D eigenvalue weighted by Gasteiger charge is 2.22. The van der Waals surface area contributed by atoms with Crippen LogP contribution in [0.4, 0.5) is 4.39 Å². The van der Waals surface area contributed by atoms with Crippen LogP contribution in [0.3, 0.4) is 0 Å². The lowest BCUT2D eigenvalue weighted by atomic mass is 10.1. The van der Waals surface area contributed by atoms with E-state index in [4.69, 9.17) is 5.73 Å². The second kappa shape index (κ2) is 5.31. The molecule has 2 atom stereocenters. The van der Waals surface area contributed by atoms with Gasteiger partial charge in [-0.3, -0.25) is 4.79 Å². The Balaban J connectivity index is 1.89. The Hall–Kier alpha value is -1.68.